The van der Waals surface area contributed by atoms with Gasteiger partial charge in [-0.25, -0.2) is 87.8 Å². The van der Waals surface area contributed by atoms with E-state index in [-0.39, 0.29) is 32.3 Å². The minimum atomic E-state index is -2.53. The fourth-order valence-electron chi connectivity index (χ4n) is 8.49. The molecule has 370 valence electrons. The minimum absolute atomic E-state index is 0.301. The summed E-state index contributed by atoms with van der Waals surface area (Å²) in [6.45, 7) is -1.02. The predicted octanol–water partition coefficient (Wildman–Crippen LogP) is 13.4. The Labute approximate surface area is 368 Å². The van der Waals surface area contributed by atoms with E-state index in [2.05, 4.69) is 10.6 Å². The third kappa shape index (κ3) is 11.0. The van der Waals surface area contributed by atoms with E-state index in [1.54, 1.807) is 0 Å². The second-order valence-corrected chi connectivity index (χ2v) is 15.9. The maximum absolute atomic E-state index is 15.4. The molecule has 1 aliphatic rings. The fourth-order valence-corrected chi connectivity index (χ4v) is 8.49. The third-order valence-electron chi connectivity index (χ3n) is 11.8. The summed E-state index contributed by atoms with van der Waals surface area (Å²) in [7, 11) is 0. The van der Waals surface area contributed by atoms with Crippen LogP contribution >= 0.6 is 0 Å². The Morgan fingerprint density at radius 1 is 0.343 bits per heavy atom. The lowest BCUT2D eigenvalue weighted by atomic mass is 9.85. The van der Waals surface area contributed by atoms with Crippen LogP contribution in [0.25, 0.3) is 0 Å². The highest BCUT2D eigenvalue weighted by Gasteiger charge is 2.36. The molecule has 5 atom stereocenters. The number of benzene rings is 4. The molecule has 23 heteroatoms. The Kier molecular flexibility index (Phi) is 18.0. The van der Waals surface area contributed by atoms with Crippen LogP contribution in [0, 0.1) is 116 Å². The van der Waals surface area contributed by atoms with Crippen molar-refractivity contribution in [2.45, 2.75) is 101 Å². The highest BCUT2D eigenvalue weighted by atomic mass is 19.2. The van der Waals surface area contributed by atoms with Gasteiger partial charge in [-0.2, -0.15) is 0 Å². The summed E-state index contributed by atoms with van der Waals surface area (Å²) in [5.74, 6) is -54.0. The molecule has 0 bridgehead atoms. The molecule has 67 heavy (non-hydrogen) atoms. The highest BCUT2D eigenvalue weighted by molar-refractivity contribution is 5.31. The minimum Gasteiger partial charge on any atom is -0.364 e. The van der Waals surface area contributed by atoms with Gasteiger partial charge in [0.05, 0.1) is 0 Å². The molecular weight excluding hydrogens is 952 g/mol. The van der Waals surface area contributed by atoms with Crippen molar-refractivity contribution in [3.63, 3.8) is 0 Å². The molecule has 0 aliphatic carbocycles. The lowest BCUT2D eigenvalue weighted by Crippen LogP contribution is -2.37. The summed E-state index contributed by atoms with van der Waals surface area (Å²) in [5.41, 5.74) is -5.47. The summed E-state index contributed by atoms with van der Waals surface area (Å²) in [4.78, 5) is 0. The van der Waals surface area contributed by atoms with Gasteiger partial charge in [0.15, 0.2) is 93.1 Å². The van der Waals surface area contributed by atoms with Crippen molar-refractivity contribution in [2.24, 2.45) is 0 Å². The molecule has 2 N–H and O–H groups in total. The number of nitrogens with one attached hydrogen (secondary N) is 2. The molecule has 4 aromatic carbocycles. The van der Waals surface area contributed by atoms with Crippen molar-refractivity contribution in [1.82, 2.24) is 10.6 Å². The van der Waals surface area contributed by atoms with Crippen LogP contribution in [0.2, 0.25) is 0 Å². The number of hydrogen-bond acceptors (Lipinski definition) is 3. The molecule has 0 amide bonds. The molecule has 0 spiro atoms. The maximum Gasteiger partial charge on any atom is 0.200 e. The second kappa shape index (κ2) is 22.6. The highest BCUT2D eigenvalue weighted by Crippen LogP contribution is 2.40. The Morgan fingerprint density at radius 3 is 0.955 bits per heavy atom. The van der Waals surface area contributed by atoms with E-state index in [1.807, 2.05) is 0 Å². The van der Waals surface area contributed by atoms with Gasteiger partial charge in [0.2, 0.25) is 23.3 Å². The topological polar surface area (TPSA) is 33.3 Å². The number of rotatable bonds is 6. The first-order valence-electron chi connectivity index (χ1n) is 20.7. The number of hydrogen-bond donors (Lipinski definition) is 2. The molecule has 5 rings (SSSR count). The van der Waals surface area contributed by atoms with Gasteiger partial charge in [0.25, 0.3) is 0 Å². The normalized spacial score (nSPS) is 21.2. The molecule has 0 radical (unpaired) electrons. The van der Waals surface area contributed by atoms with Gasteiger partial charge in [-0.3, -0.25) is 5.32 Å². The summed E-state index contributed by atoms with van der Waals surface area (Å²) < 4.78 is 300. The fraction of sp³-hybridized carbons (Fsp3) is 0.455. The molecule has 1 heterocycles. The molecule has 4 aromatic rings. The van der Waals surface area contributed by atoms with Crippen LogP contribution in [0.4, 0.5) is 87.8 Å². The van der Waals surface area contributed by atoms with Gasteiger partial charge in [0, 0.05) is 53.8 Å². The van der Waals surface area contributed by atoms with Gasteiger partial charge >= 0.3 is 0 Å². The summed E-state index contributed by atoms with van der Waals surface area (Å²) in [6, 6.07) is 0. The standard InChI is InChI=1S/C44H38F20N2O/c1-2-67-20-13-17(22-27(47)35(55)42(62)36(56)28(22)48)8-4-6-9-18(23-29(49)37(57)43(63)38(58)30(23)50)14-65-12-11-16(21-25(45)33(53)41(61)34(54)26(21)46)7-3-5-10-19(15-66-20)24-31(51)39(59)44(64)40(60)32(24)52/h16-20,65-66H,2-15H2,1H3. The quantitative estimate of drug-likeness (QED) is 0.115. The predicted molar refractivity (Wildman–Crippen MR) is 198 cm³/mol. The first-order valence-corrected chi connectivity index (χ1v) is 20.7. The molecule has 1 saturated heterocycles. The summed E-state index contributed by atoms with van der Waals surface area (Å²) in [5, 5.41) is 5.17. The van der Waals surface area contributed by atoms with E-state index < -0.39 is 227 Å². The molecular formula is C44H38F20N2O. The van der Waals surface area contributed by atoms with E-state index in [0.29, 0.717) is 0 Å². The lowest BCUT2D eigenvalue weighted by Gasteiger charge is -2.28. The smallest absolute Gasteiger partial charge is 0.200 e. The summed E-state index contributed by atoms with van der Waals surface area (Å²) >= 11 is 0. The van der Waals surface area contributed by atoms with Crippen molar-refractivity contribution in [3.05, 3.63) is 139 Å². The van der Waals surface area contributed by atoms with Crippen LogP contribution in [0.15, 0.2) is 0 Å². The average Bonchev–Trinajstić information content (AvgIpc) is 3.30. The summed E-state index contributed by atoms with van der Waals surface area (Å²) in [6.07, 6.45) is -6.60. The largest absolute Gasteiger partial charge is 0.364 e. The Bertz CT molecular complexity index is 2330. The van der Waals surface area contributed by atoms with E-state index in [0.717, 1.165) is 0 Å². The molecule has 1 fully saturated rings. The van der Waals surface area contributed by atoms with E-state index in [1.165, 1.54) is 6.92 Å². The SMILES string of the molecule is CCOC1CC(c2c(F)c(F)c(F)c(F)c2F)CCCCC(c2c(F)c(F)c(F)c(F)c2F)CNCCC(c2c(F)c(F)c(F)c(F)c2F)CCCCC(c2c(F)c(F)c(F)c(F)c2F)CN1. The zero-order valence-corrected chi connectivity index (χ0v) is 34.8. The first-order chi connectivity index (χ1) is 31.6. The number of ether oxygens (including phenoxy) is 1. The molecule has 1 aliphatic heterocycles. The van der Waals surface area contributed by atoms with Crippen LogP contribution in [0.1, 0.15) is 117 Å². The lowest BCUT2D eigenvalue weighted by molar-refractivity contribution is 0.0246. The van der Waals surface area contributed by atoms with Crippen LogP contribution in [-0.4, -0.2) is 32.5 Å². The molecule has 0 saturated carbocycles. The van der Waals surface area contributed by atoms with Crippen molar-refractivity contribution >= 4 is 0 Å². The Morgan fingerprint density at radius 2 is 0.612 bits per heavy atom. The maximum atomic E-state index is 15.4. The van der Waals surface area contributed by atoms with E-state index in [9.17, 15) is 52.7 Å². The molecule has 0 aromatic heterocycles. The second-order valence-electron chi connectivity index (χ2n) is 15.9. The van der Waals surface area contributed by atoms with Gasteiger partial charge in [-0.1, -0.05) is 25.7 Å². The average molecular weight is 991 g/mol. The van der Waals surface area contributed by atoms with Gasteiger partial charge < -0.3 is 10.1 Å². The Balaban J connectivity index is 1.60. The van der Waals surface area contributed by atoms with Crippen molar-refractivity contribution in [2.75, 3.05) is 26.2 Å². The van der Waals surface area contributed by atoms with E-state index in [4.69, 9.17) is 4.74 Å². The van der Waals surface area contributed by atoms with Crippen LogP contribution < -0.4 is 10.6 Å². The van der Waals surface area contributed by atoms with Crippen molar-refractivity contribution < 1.29 is 92.5 Å². The van der Waals surface area contributed by atoms with Crippen LogP contribution in [-0.2, 0) is 4.74 Å². The first kappa shape index (κ1) is 53.3. The molecule has 5 unspecified atom stereocenters. The van der Waals surface area contributed by atoms with Crippen molar-refractivity contribution in [3.8, 4) is 0 Å². The number of halogens is 20. The monoisotopic (exact) mass is 990 g/mol. The third-order valence-corrected chi connectivity index (χ3v) is 11.8. The van der Waals surface area contributed by atoms with Gasteiger partial charge in [-0.15, -0.1) is 0 Å². The zero-order chi connectivity index (χ0) is 49.8. The van der Waals surface area contributed by atoms with Gasteiger partial charge in [0.1, 0.15) is 6.23 Å². The van der Waals surface area contributed by atoms with Gasteiger partial charge in [-0.05, 0) is 63.8 Å². The van der Waals surface area contributed by atoms with E-state index >= 15 is 35.1 Å². The molecule has 3 nitrogen and oxygen atoms in total. The van der Waals surface area contributed by atoms with Crippen LogP contribution in [0.3, 0.4) is 0 Å². The Hall–Kier alpha value is -4.64. The van der Waals surface area contributed by atoms with Crippen LogP contribution in [0.5, 0.6) is 0 Å². The zero-order valence-electron chi connectivity index (χ0n) is 34.8. The van der Waals surface area contributed by atoms with Crippen molar-refractivity contribution in [1.29, 1.82) is 0 Å².